The molecule has 1 amide bonds. The van der Waals surface area contributed by atoms with Crippen molar-refractivity contribution in [2.24, 2.45) is 5.41 Å². The van der Waals surface area contributed by atoms with Gasteiger partial charge in [-0.2, -0.15) is 0 Å². The van der Waals surface area contributed by atoms with Crippen LogP contribution < -0.4 is 5.32 Å². The number of hydrogen-bond donors (Lipinski definition) is 2. The van der Waals surface area contributed by atoms with Gasteiger partial charge in [0.2, 0.25) is 5.91 Å². The summed E-state index contributed by atoms with van der Waals surface area (Å²) in [4.78, 5) is 23.7. The molecule has 0 fully saturated rings. The molecule has 0 saturated heterocycles. The highest BCUT2D eigenvalue weighted by atomic mass is 32.1. The lowest BCUT2D eigenvalue weighted by atomic mass is 9.89. The average Bonchev–Trinajstić information content (AvgIpc) is 2.63. The van der Waals surface area contributed by atoms with Crippen LogP contribution in [0.15, 0.2) is 11.4 Å². The Labute approximate surface area is 111 Å². The number of aryl methyl sites for hydroxylation is 1. The van der Waals surface area contributed by atoms with Gasteiger partial charge in [-0.05, 0) is 44.2 Å². The van der Waals surface area contributed by atoms with Gasteiger partial charge in [-0.3, -0.25) is 9.59 Å². The van der Waals surface area contributed by atoms with Crippen molar-refractivity contribution in [3.63, 3.8) is 0 Å². The zero-order chi connectivity index (χ0) is 13.8. The van der Waals surface area contributed by atoms with E-state index in [9.17, 15) is 9.59 Å². The molecule has 0 aliphatic rings. The highest BCUT2D eigenvalue weighted by Crippen LogP contribution is 2.20. The van der Waals surface area contributed by atoms with E-state index in [1.165, 1.54) is 10.4 Å². The lowest BCUT2D eigenvalue weighted by molar-refractivity contribution is -0.149. The summed E-state index contributed by atoms with van der Waals surface area (Å²) in [6.45, 7) is 5.70. The number of carbonyl (C=O) groups excluding carboxylic acids is 1. The third-order valence-electron chi connectivity index (χ3n) is 2.82. The molecule has 1 aromatic heterocycles. The van der Waals surface area contributed by atoms with Gasteiger partial charge in [0.05, 0.1) is 5.41 Å². The quantitative estimate of drug-likeness (QED) is 0.832. The fourth-order valence-corrected chi connectivity index (χ4v) is 2.43. The van der Waals surface area contributed by atoms with E-state index < -0.39 is 11.4 Å². The molecule has 100 valence electrons. The Balaban J connectivity index is 2.34. The number of thiophene rings is 1. The maximum absolute atomic E-state index is 11.6. The minimum absolute atomic E-state index is 0.00571. The summed E-state index contributed by atoms with van der Waals surface area (Å²) in [7, 11) is 0. The monoisotopic (exact) mass is 269 g/mol. The molecule has 5 heteroatoms. The molecule has 2 N–H and O–H groups in total. The Kier molecular flexibility index (Phi) is 4.90. The lowest BCUT2D eigenvalue weighted by Crippen LogP contribution is -2.34. The number of carbonyl (C=O) groups is 2. The maximum Gasteiger partial charge on any atom is 0.309 e. The molecule has 1 rings (SSSR count). The van der Waals surface area contributed by atoms with E-state index in [-0.39, 0.29) is 12.3 Å². The number of carboxylic acid groups (broad SMARTS) is 1. The van der Waals surface area contributed by atoms with Crippen LogP contribution in [0.25, 0.3) is 0 Å². The summed E-state index contributed by atoms with van der Waals surface area (Å²) >= 11 is 1.67. The predicted octanol–water partition coefficient (Wildman–Crippen LogP) is 2.22. The van der Waals surface area contributed by atoms with Gasteiger partial charge in [0, 0.05) is 17.8 Å². The SMILES string of the molecule is Cc1ccsc1CCNC(=O)CC(C)(C)C(=O)O. The van der Waals surface area contributed by atoms with E-state index in [0.717, 1.165) is 6.42 Å². The Bertz CT molecular complexity index is 437. The first-order chi connectivity index (χ1) is 8.33. The second kappa shape index (κ2) is 6.00. The van der Waals surface area contributed by atoms with Crippen molar-refractivity contribution in [1.29, 1.82) is 0 Å². The number of rotatable bonds is 6. The van der Waals surface area contributed by atoms with Gasteiger partial charge in [-0.1, -0.05) is 0 Å². The van der Waals surface area contributed by atoms with Crippen LogP contribution in [-0.4, -0.2) is 23.5 Å². The molecular formula is C13H19NO3S. The van der Waals surface area contributed by atoms with Gasteiger partial charge in [0.25, 0.3) is 0 Å². The van der Waals surface area contributed by atoms with Crippen LogP contribution in [0.2, 0.25) is 0 Å². The van der Waals surface area contributed by atoms with Crippen molar-refractivity contribution in [1.82, 2.24) is 5.32 Å². The van der Waals surface area contributed by atoms with Gasteiger partial charge < -0.3 is 10.4 Å². The van der Waals surface area contributed by atoms with E-state index in [2.05, 4.69) is 11.4 Å². The van der Waals surface area contributed by atoms with Gasteiger partial charge >= 0.3 is 5.97 Å². The highest BCUT2D eigenvalue weighted by molar-refractivity contribution is 7.10. The zero-order valence-corrected chi connectivity index (χ0v) is 11.8. The van der Waals surface area contributed by atoms with Gasteiger partial charge in [-0.15, -0.1) is 11.3 Å². The van der Waals surface area contributed by atoms with Crippen LogP contribution in [0.1, 0.15) is 30.7 Å². The topological polar surface area (TPSA) is 66.4 Å². The van der Waals surface area contributed by atoms with Crippen LogP contribution in [0.3, 0.4) is 0 Å². The van der Waals surface area contributed by atoms with Crippen molar-refractivity contribution in [3.8, 4) is 0 Å². The van der Waals surface area contributed by atoms with E-state index >= 15 is 0 Å². The van der Waals surface area contributed by atoms with Crippen LogP contribution in [0, 0.1) is 12.3 Å². The van der Waals surface area contributed by atoms with Crippen LogP contribution >= 0.6 is 11.3 Å². The van der Waals surface area contributed by atoms with Gasteiger partial charge in [0.1, 0.15) is 0 Å². The molecule has 0 bridgehead atoms. The fraction of sp³-hybridized carbons (Fsp3) is 0.538. The summed E-state index contributed by atoms with van der Waals surface area (Å²) < 4.78 is 0. The maximum atomic E-state index is 11.6. The summed E-state index contributed by atoms with van der Waals surface area (Å²) in [6.07, 6.45) is 0.800. The number of carboxylic acids is 1. The van der Waals surface area contributed by atoms with E-state index in [1.54, 1.807) is 25.2 Å². The molecule has 0 unspecified atom stereocenters. The van der Waals surface area contributed by atoms with E-state index in [1.807, 2.05) is 12.3 Å². The molecule has 0 aliphatic heterocycles. The lowest BCUT2D eigenvalue weighted by Gasteiger charge is -2.18. The summed E-state index contributed by atoms with van der Waals surface area (Å²) in [5, 5.41) is 13.7. The van der Waals surface area contributed by atoms with Crippen molar-refractivity contribution in [2.75, 3.05) is 6.54 Å². The first-order valence-corrected chi connectivity index (χ1v) is 6.74. The summed E-state index contributed by atoms with van der Waals surface area (Å²) in [5.74, 6) is -1.16. The second-order valence-corrected chi connectivity index (χ2v) is 5.99. The number of hydrogen-bond acceptors (Lipinski definition) is 3. The molecule has 0 radical (unpaired) electrons. The van der Waals surface area contributed by atoms with Gasteiger partial charge in [-0.25, -0.2) is 0 Å². The highest BCUT2D eigenvalue weighted by Gasteiger charge is 2.29. The Morgan fingerprint density at radius 2 is 2.11 bits per heavy atom. The Hall–Kier alpha value is -1.36. The third kappa shape index (κ3) is 4.14. The smallest absolute Gasteiger partial charge is 0.309 e. The molecule has 1 heterocycles. The Morgan fingerprint density at radius 1 is 1.44 bits per heavy atom. The summed E-state index contributed by atoms with van der Waals surface area (Å²) in [6, 6.07) is 2.05. The number of aliphatic carboxylic acids is 1. The van der Waals surface area contributed by atoms with Crippen molar-refractivity contribution in [2.45, 2.75) is 33.6 Å². The fourth-order valence-electron chi connectivity index (χ4n) is 1.52. The van der Waals surface area contributed by atoms with Crippen molar-refractivity contribution < 1.29 is 14.7 Å². The molecule has 4 nitrogen and oxygen atoms in total. The minimum atomic E-state index is -1.01. The second-order valence-electron chi connectivity index (χ2n) is 4.99. The molecule has 0 saturated carbocycles. The average molecular weight is 269 g/mol. The molecule has 18 heavy (non-hydrogen) atoms. The normalized spacial score (nSPS) is 11.3. The summed E-state index contributed by atoms with van der Waals surface area (Å²) in [5.41, 5.74) is 0.225. The standard InChI is InChI=1S/C13H19NO3S/c1-9-5-7-18-10(9)4-6-14-11(15)8-13(2,3)12(16)17/h5,7H,4,6,8H2,1-3H3,(H,14,15)(H,16,17). The molecule has 0 atom stereocenters. The molecular weight excluding hydrogens is 250 g/mol. The first-order valence-electron chi connectivity index (χ1n) is 5.86. The van der Waals surface area contributed by atoms with Gasteiger partial charge in [0.15, 0.2) is 0 Å². The molecule has 0 aromatic carbocycles. The Morgan fingerprint density at radius 3 is 2.61 bits per heavy atom. The van der Waals surface area contributed by atoms with Crippen LogP contribution in [0.4, 0.5) is 0 Å². The third-order valence-corrected chi connectivity index (χ3v) is 3.91. The molecule has 1 aromatic rings. The number of amides is 1. The molecule has 0 aliphatic carbocycles. The van der Waals surface area contributed by atoms with Crippen molar-refractivity contribution in [3.05, 3.63) is 21.9 Å². The van der Waals surface area contributed by atoms with Crippen LogP contribution in [-0.2, 0) is 16.0 Å². The zero-order valence-electron chi connectivity index (χ0n) is 10.9. The predicted molar refractivity (Wildman–Crippen MR) is 71.8 cm³/mol. The number of nitrogens with one attached hydrogen (secondary N) is 1. The van der Waals surface area contributed by atoms with E-state index in [4.69, 9.17) is 5.11 Å². The van der Waals surface area contributed by atoms with E-state index in [0.29, 0.717) is 6.54 Å². The first kappa shape index (κ1) is 14.7. The molecule has 0 spiro atoms. The van der Waals surface area contributed by atoms with Crippen molar-refractivity contribution >= 4 is 23.2 Å². The largest absolute Gasteiger partial charge is 0.481 e. The minimum Gasteiger partial charge on any atom is -0.481 e. The van der Waals surface area contributed by atoms with Crippen LogP contribution in [0.5, 0.6) is 0 Å².